The quantitative estimate of drug-likeness (QED) is 0.910. The number of fused-ring (bicyclic) bond motifs is 1. The summed E-state index contributed by atoms with van der Waals surface area (Å²) in [7, 11) is 1.61. The van der Waals surface area contributed by atoms with E-state index in [9.17, 15) is 0 Å². The van der Waals surface area contributed by atoms with Gasteiger partial charge in [0.25, 0.3) is 0 Å². The minimum absolute atomic E-state index is 0.237. The fourth-order valence-corrected chi connectivity index (χ4v) is 2.13. The van der Waals surface area contributed by atoms with E-state index in [1.807, 2.05) is 12.1 Å². The Morgan fingerprint density at radius 3 is 3.17 bits per heavy atom. The monoisotopic (exact) mass is 265 g/mol. The van der Waals surface area contributed by atoms with Gasteiger partial charge in [0.15, 0.2) is 11.5 Å². The molecule has 18 heavy (non-hydrogen) atoms. The van der Waals surface area contributed by atoms with Crippen molar-refractivity contribution in [1.29, 1.82) is 0 Å². The van der Waals surface area contributed by atoms with Gasteiger partial charge in [-0.05, 0) is 17.7 Å². The summed E-state index contributed by atoms with van der Waals surface area (Å²) in [6, 6.07) is 3.86. The van der Waals surface area contributed by atoms with Gasteiger partial charge in [-0.2, -0.15) is 0 Å². The molecule has 94 valence electrons. The minimum atomic E-state index is 0.237. The molecule has 1 N–H and O–H groups in total. The molecule has 6 nitrogen and oxygen atoms in total. The first-order valence-electron chi connectivity index (χ1n) is 5.34. The van der Waals surface area contributed by atoms with Gasteiger partial charge in [-0.3, -0.25) is 0 Å². The minimum Gasteiger partial charge on any atom is -0.493 e. The van der Waals surface area contributed by atoms with Crippen molar-refractivity contribution in [2.75, 3.05) is 19.2 Å². The third-order valence-corrected chi connectivity index (χ3v) is 3.17. The molecule has 0 saturated carbocycles. The Kier molecular flexibility index (Phi) is 2.89. The molecule has 0 bridgehead atoms. The second-order valence-electron chi connectivity index (χ2n) is 3.67. The van der Waals surface area contributed by atoms with Crippen molar-refractivity contribution in [2.24, 2.45) is 0 Å². The zero-order chi connectivity index (χ0) is 12.4. The van der Waals surface area contributed by atoms with Gasteiger partial charge in [0.2, 0.25) is 12.5 Å². The van der Waals surface area contributed by atoms with Crippen LogP contribution in [0.4, 0.5) is 5.00 Å². The van der Waals surface area contributed by atoms with Gasteiger partial charge in [-0.25, -0.2) is 0 Å². The smallest absolute Gasteiger partial charge is 0.231 e. The number of ether oxygens (including phenoxy) is 3. The highest BCUT2D eigenvalue weighted by atomic mass is 32.1. The van der Waals surface area contributed by atoms with Crippen LogP contribution in [0.5, 0.6) is 17.2 Å². The number of aromatic nitrogens is 2. The van der Waals surface area contributed by atoms with Crippen LogP contribution in [0, 0.1) is 0 Å². The van der Waals surface area contributed by atoms with Crippen molar-refractivity contribution in [3.8, 4) is 17.2 Å². The molecule has 0 amide bonds. The van der Waals surface area contributed by atoms with Crippen LogP contribution in [-0.2, 0) is 6.54 Å². The summed E-state index contributed by atoms with van der Waals surface area (Å²) < 4.78 is 19.8. The predicted molar refractivity (Wildman–Crippen MR) is 66.4 cm³/mol. The van der Waals surface area contributed by atoms with Crippen LogP contribution >= 0.6 is 11.5 Å². The lowest BCUT2D eigenvalue weighted by atomic mass is 10.2. The molecule has 0 spiro atoms. The van der Waals surface area contributed by atoms with E-state index in [2.05, 4.69) is 14.9 Å². The topological polar surface area (TPSA) is 65.5 Å². The van der Waals surface area contributed by atoms with E-state index in [1.165, 1.54) is 11.5 Å². The number of hydrogen-bond donors (Lipinski definition) is 1. The van der Waals surface area contributed by atoms with Crippen LogP contribution in [0.1, 0.15) is 5.56 Å². The molecule has 0 radical (unpaired) electrons. The Labute approximate surface area is 108 Å². The zero-order valence-electron chi connectivity index (χ0n) is 9.67. The SMILES string of the molecule is COc1cc(CNc2cnns2)cc2c1OCO2. The number of nitrogens with zero attached hydrogens (tertiary/aromatic N) is 2. The van der Waals surface area contributed by atoms with Crippen LogP contribution < -0.4 is 19.5 Å². The predicted octanol–water partition coefficient (Wildman–Crippen LogP) is 1.89. The maximum atomic E-state index is 5.37. The van der Waals surface area contributed by atoms with Gasteiger partial charge in [-0.1, -0.05) is 4.49 Å². The van der Waals surface area contributed by atoms with Crippen molar-refractivity contribution in [3.63, 3.8) is 0 Å². The van der Waals surface area contributed by atoms with Gasteiger partial charge in [0.05, 0.1) is 13.3 Å². The molecule has 0 aliphatic carbocycles. The van der Waals surface area contributed by atoms with Gasteiger partial charge in [0, 0.05) is 18.1 Å². The molecule has 1 aliphatic heterocycles. The van der Waals surface area contributed by atoms with Crippen LogP contribution in [0.25, 0.3) is 0 Å². The number of hydrogen-bond acceptors (Lipinski definition) is 7. The van der Waals surface area contributed by atoms with Crippen molar-refractivity contribution in [2.45, 2.75) is 6.54 Å². The molecular weight excluding hydrogens is 254 g/mol. The van der Waals surface area contributed by atoms with E-state index in [-0.39, 0.29) is 6.79 Å². The van der Waals surface area contributed by atoms with Gasteiger partial charge < -0.3 is 19.5 Å². The Bertz CT molecular complexity index is 545. The van der Waals surface area contributed by atoms with Crippen molar-refractivity contribution in [3.05, 3.63) is 23.9 Å². The van der Waals surface area contributed by atoms with Crippen LogP contribution in [0.15, 0.2) is 18.3 Å². The molecule has 1 aromatic heterocycles. The van der Waals surface area contributed by atoms with Gasteiger partial charge >= 0.3 is 0 Å². The van der Waals surface area contributed by atoms with Crippen LogP contribution in [0.2, 0.25) is 0 Å². The summed E-state index contributed by atoms with van der Waals surface area (Å²) in [5, 5.41) is 7.91. The molecule has 2 aromatic rings. The Balaban J connectivity index is 1.80. The Morgan fingerprint density at radius 2 is 2.39 bits per heavy atom. The van der Waals surface area contributed by atoms with Crippen molar-refractivity contribution < 1.29 is 14.2 Å². The summed E-state index contributed by atoms with van der Waals surface area (Å²) >= 11 is 1.32. The fraction of sp³-hybridized carbons (Fsp3) is 0.273. The average molecular weight is 265 g/mol. The molecular formula is C11H11N3O3S. The first-order valence-corrected chi connectivity index (χ1v) is 6.12. The standard InChI is InChI=1S/C11H11N3O3S/c1-15-8-2-7(3-9-11(8)17-6-16-9)4-12-10-5-13-14-18-10/h2-3,5,12H,4,6H2,1H3. The summed E-state index contributed by atoms with van der Waals surface area (Å²) in [6.45, 7) is 0.887. The summed E-state index contributed by atoms with van der Waals surface area (Å²) in [5.74, 6) is 2.07. The van der Waals surface area contributed by atoms with E-state index >= 15 is 0 Å². The highest BCUT2D eigenvalue weighted by Gasteiger charge is 2.19. The fourth-order valence-electron chi connectivity index (χ4n) is 1.72. The molecule has 0 fully saturated rings. The first-order chi connectivity index (χ1) is 8.86. The van der Waals surface area contributed by atoms with Crippen molar-refractivity contribution >= 4 is 16.5 Å². The molecule has 7 heteroatoms. The van der Waals surface area contributed by atoms with E-state index in [0.29, 0.717) is 23.8 Å². The molecule has 1 aliphatic rings. The second kappa shape index (κ2) is 4.69. The molecule has 0 unspecified atom stereocenters. The third-order valence-electron chi connectivity index (χ3n) is 2.55. The van der Waals surface area contributed by atoms with Gasteiger partial charge in [0.1, 0.15) is 5.00 Å². The zero-order valence-corrected chi connectivity index (χ0v) is 10.5. The molecule has 1 aromatic carbocycles. The summed E-state index contributed by atoms with van der Waals surface area (Å²) in [6.07, 6.45) is 1.69. The normalized spacial score (nSPS) is 12.5. The number of anilines is 1. The Hall–Kier alpha value is -2.02. The van der Waals surface area contributed by atoms with E-state index in [0.717, 1.165) is 10.6 Å². The number of nitrogens with one attached hydrogen (secondary N) is 1. The largest absolute Gasteiger partial charge is 0.493 e. The lowest BCUT2D eigenvalue weighted by Crippen LogP contribution is -1.98. The van der Waals surface area contributed by atoms with Crippen LogP contribution in [-0.4, -0.2) is 23.5 Å². The Morgan fingerprint density at radius 1 is 1.44 bits per heavy atom. The van der Waals surface area contributed by atoms with E-state index in [4.69, 9.17) is 14.2 Å². The first kappa shape index (κ1) is 11.1. The highest BCUT2D eigenvalue weighted by molar-refractivity contribution is 7.09. The van der Waals surface area contributed by atoms with Crippen molar-refractivity contribution in [1.82, 2.24) is 9.59 Å². The third kappa shape index (κ3) is 2.04. The maximum Gasteiger partial charge on any atom is 0.231 e. The lowest BCUT2D eigenvalue weighted by molar-refractivity contribution is 0.171. The number of benzene rings is 1. The van der Waals surface area contributed by atoms with Gasteiger partial charge in [-0.15, -0.1) is 5.10 Å². The highest BCUT2D eigenvalue weighted by Crippen LogP contribution is 2.41. The molecule has 0 saturated heterocycles. The molecule has 0 atom stereocenters. The van der Waals surface area contributed by atoms with E-state index in [1.54, 1.807) is 13.3 Å². The average Bonchev–Trinajstić information content (AvgIpc) is 3.06. The van der Waals surface area contributed by atoms with Crippen LogP contribution in [0.3, 0.4) is 0 Å². The number of methoxy groups -OCH3 is 1. The summed E-state index contributed by atoms with van der Waals surface area (Å²) in [5.41, 5.74) is 1.05. The molecule has 3 rings (SSSR count). The lowest BCUT2D eigenvalue weighted by Gasteiger charge is -2.08. The second-order valence-corrected chi connectivity index (χ2v) is 4.45. The summed E-state index contributed by atoms with van der Waals surface area (Å²) in [4.78, 5) is 0. The number of rotatable bonds is 4. The molecule has 2 heterocycles. The maximum absolute atomic E-state index is 5.37. The van der Waals surface area contributed by atoms with E-state index < -0.39 is 0 Å².